The number of hydrogen-bond acceptors (Lipinski definition) is 3. The van der Waals surface area contributed by atoms with Crippen LogP contribution in [0.1, 0.15) is 18.1 Å². The van der Waals surface area contributed by atoms with Crippen molar-refractivity contribution in [3.8, 4) is 11.5 Å². The number of fused-ring (bicyclic) bond motifs is 1. The molecule has 1 N–H and O–H groups in total. The van der Waals surface area contributed by atoms with Crippen LogP contribution in [0.25, 0.3) is 10.8 Å². The second-order valence-electron chi connectivity index (χ2n) is 6.73. The molecular formula is C23H25NO3. The highest BCUT2D eigenvalue weighted by molar-refractivity contribution is 5.83. The van der Waals surface area contributed by atoms with Crippen LogP contribution < -0.4 is 14.8 Å². The summed E-state index contributed by atoms with van der Waals surface area (Å²) in [7, 11) is 0. The Kier molecular flexibility index (Phi) is 5.97. The first-order valence-electron chi connectivity index (χ1n) is 9.15. The lowest BCUT2D eigenvalue weighted by Gasteiger charge is -2.16. The molecule has 0 aliphatic rings. The minimum Gasteiger partial charge on any atom is -0.492 e. The van der Waals surface area contributed by atoms with Crippen LogP contribution in [0.15, 0.2) is 60.7 Å². The van der Waals surface area contributed by atoms with Gasteiger partial charge in [0.15, 0.2) is 6.10 Å². The Morgan fingerprint density at radius 3 is 2.37 bits per heavy atom. The first-order valence-corrected chi connectivity index (χ1v) is 9.15. The topological polar surface area (TPSA) is 47.6 Å². The molecule has 1 atom stereocenters. The number of ether oxygens (including phenoxy) is 2. The fourth-order valence-electron chi connectivity index (χ4n) is 3.00. The Bertz CT molecular complexity index is 916. The van der Waals surface area contributed by atoms with E-state index >= 15 is 0 Å². The molecule has 0 radical (unpaired) electrons. The fourth-order valence-corrected chi connectivity index (χ4v) is 3.00. The Morgan fingerprint density at radius 1 is 0.926 bits per heavy atom. The summed E-state index contributed by atoms with van der Waals surface area (Å²) in [6.07, 6.45) is -0.563. The Labute approximate surface area is 160 Å². The maximum atomic E-state index is 12.2. The molecule has 4 heteroatoms. The summed E-state index contributed by atoms with van der Waals surface area (Å²) < 4.78 is 11.5. The third kappa shape index (κ3) is 5.23. The zero-order chi connectivity index (χ0) is 19.2. The van der Waals surface area contributed by atoms with Crippen molar-refractivity contribution >= 4 is 16.7 Å². The van der Waals surface area contributed by atoms with Gasteiger partial charge in [0.2, 0.25) is 0 Å². The number of carbonyl (C=O) groups is 1. The molecule has 0 saturated heterocycles. The van der Waals surface area contributed by atoms with Crippen molar-refractivity contribution in [1.29, 1.82) is 0 Å². The summed E-state index contributed by atoms with van der Waals surface area (Å²) >= 11 is 0. The number of amides is 1. The first-order chi connectivity index (χ1) is 13.0. The Balaban J connectivity index is 1.45. The zero-order valence-electron chi connectivity index (χ0n) is 16.0. The summed E-state index contributed by atoms with van der Waals surface area (Å²) in [5, 5.41) is 5.16. The van der Waals surface area contributed by atoms with Crippen LogP contribution in [0.5, 0.6) is 11.5 Å². The average Bonchev–Trinajstić information content (AvgIpc) is 2.64. The predicted octanol–water partition coefficient (Wildman–Crippen LogP) is 4.42. The second-order valence-corrected chi connectivity index (χ2v) is 6.73. The van der Waals surface area contributed by atoms with Gasteiger partial charge in [0, 0.05) is 0 Å². The van der Waals surface area contributed by atoms with Gasteiger partial charge < -0.3 is 14.8 Å². The van der Waals surface area contributed by atoms with Gasteiger partial charge in [-0.25, -0.2) is 0 Å². The molecule has 1 unspecified atom stereocenters. The highest BCUT2D eigenvalue weighted by atomic mass is 16.5. The molecular weight excluding hydrogens is 338 g/mol. The fraction of sp³-hybridized carbons (Fsp3) is 0.261. The van der Waals surface area contributed by atoms with Crippen LogP contribution in [-0.4, -0.2) is 25.2 Å². The van der Waals surface area contributed by atoms with Gasteiger partial charge in [-0.15, -0.1) is 0 Å². The Hall–Kier alpha value is -3.01. The molecule has 3 rings (SSSR count). The zero-order valence-corrected chi connectivity index (χ0v) is 16.0. The maximum absolute atomic E-state index is 12.2. The van der Waals surface area contributed by atoms with Crippen molar-refractivity contribution in [3.05, 3.63) is 71.8 Å². The van der Waals surface area contributed by atoms with Gasteiger partial charge in [-0.05, 0) is 66.9 Å². The first kappa shape index (κ1) is 18.8. The largest absolute Gasteiger partial charge is 0.492 e. The minimum atomic E-state index is -0.563. The van der Waals surface area contributed by atoms with Gasteiger partial charge in [0.25, 0.3) is 5.91 Å². The smallest absolute Gasteiger partial charge is 0.260 e. The highest BCUT2D eigenvalue weighted by Crippen LogP contribution is 2.20. The van der Waals surface area contributed by atoms with Crippen molar-refractivity contribution in [2.75, 3.05) is 13.2 Å². The van der Waals surface area contributed by atoms with E-state index in [-0.39, 0.29) is 5.91 Å². The van der Waals surface area contributed by atoms with Gasteiger partial charge in [0.05, 0.1) is 6.54 Å². The lowest BCUT2D eigenvalue weighted by molar-refractivity contribution is -0.127. The second kappa shape index (κ2) is 8.58. The van der Waals surface area contributed by atoms with Gasteiger partial charge in [0.1, 0.15) is 18.1 Å². The molecule has 0 bridgehead atoms. The van der Waals surface area contributed by atoms with E-state index in [1.54, 1.807) is 6.92 Å². The molecule has 0 aliphatic heterocycles. The van der Waals surface area contributed by atoms with E-state index in [0.29, 0.717) is 18.9 Å². The number of rotatable bonds is 7. The van der Waals surface area contributed by atoms with Crippen molar-refractivity contribution in [3.63, 3.8) is 0 Å². The third-order valence-electron chi connectivity index (χ3n) is 4.27. The van der Waals surface area contributed by atoms with E-state index in [1.807, 2.05) is 56.3 Å². The molecule has 3 aromatic carbocycles. The average molecular weight is 363 g/mol. The number of hydrogen-bond donors (Lipinski definition) is 1. The van der Waals surface area contributed by atoms with Crippen LogP contribution in [-0.2, 0) is 4.79 Å². The van der Waals surface area contributed by atoms with E-state index < -0.39 is 6.10 Å². The van der Waals surface area contributed by atoms with E-state index in [0.717, 1.165) is 22.3 Å². The lowest BCUT2D eigenvalue weighted by atomic mass is 10.1. The van der Waals surface area contributed by atoms with Crippen molar-refractivity contribution in [2.45, 2.75) is 26.9 Å². The van der Waals surface area contributed by atoms with Gasteiger partial charge in [-0.1, -0.05) is 36.4 Å². The molecule has 27 heavy (non-hydrogen) atoms. The molecule has 3 aromatic rings. The number of aryl methyl sites for hydroxylation is 2. The van der Waals surface area contributed by atoms with Crippen LogP contribution in [0.4, 0.5) is 0 Å². The van der Waals surface area contributed by atoms with E-state index in [1.165, 1.54) is 5.39 Å². The summed E-state index contributed by atoms with van der Waals surface area (Å²) in [6.45, 7) is 6.59. The molecule has 0 heterocycles. The summed E-state index contributed by atoms with van der Waals surface area (Å²) in [5.74, 6) is 1.35. The van der Waals surface area contributed by atoms with E-state index in [4.69, 9.17) is 9.47 Å². The molecule has 4 nitrogen and oxygen atoms in total. The standard InChI is InChI=1S/C23H25NO3/c1-16-12-17(2)14-22(13-16)27-18(3)23(25)24-10-11-26-21-9-8-19-6-4-5-7-20(19)15-21/h4-9,12-15,18H,10-11H2,1-3H3,(H,24,25). The molecule has 0 saturated carbocycles. The lowest BCUT2D eigenvalue weighted by Crippen LogP contribution is -2.38. The monoisotopic (exact) mass is 363 g/mol. The van der Waals surface area contributed by atoms with Gasteiger partial charge >= 0.3 is 0 Å². The van der Waals surface area contributed by atoms with E-state index in [9.17, 15) is 4.79 Å². The number of benzene rings is 3. The summed E-state index contributed by atoms with van der Waals surface area (Å²) in [5.41, 5.74) is 2.22. The van der Waals surface area contributed by atoms with Crippen molar-refractivity contribution in [1.82, 2.24) is 5.32 Å². The van der Waals surface area contributed by atoms with Crippen LogP contribution in [0.2, 0.25) is 0 Å². The van der Waals surface area contributed by atoms with Crippen molar-refractivity contribution < 1.29 is 14.3 Å². The predicted molar refractivity (Wildman–Crippen MR) is 108 cm³/mol. The van der Waals surface area contributed by atoms with Crippen LogP contribution >= 0.6 is 0 Å². The SMILES string of the molecule is Cc1cc(C)cc(OC(C)C(=O)NCCOc2ccc3ccccc3c2)c1. The Morgan fingerprint density at radius 2 is 1.63 bits per heavy atom. The quantitative estimate of drug-likeness (QED) is 0.632. The molecule has 0 fully saturated rings. The molecule has 0 aromatic heterocycles. The molecule has 1 amide bonds. The highest BCUT2D eigenvalue weighted by Gasteiger charge is 2.14. The van der Waals surface area contributed by atoms with Crippen LogP contribution in [0.3, 0.4) is 0 Å². The molecule has 0 aliphatic carbocycles. The number of nitrogens with one attached hydrogen (secondary N) is 1. The van der Waals surface area contributed by atoms with Crippen molar-refractivity contribution in [2.24, 2.45) is 0 Å². The number of carbonyl (C=O) groups excluding carboxylic acids is 1. The summed E-state index contributed by atoms with van der Waals surface area (Å²) in [4.78, 5) is 12.2. The third-order valence-corrected chi connectivity index (χ3v) is 4.27. The van der Waals surface area contributed by atoms with Gasteiger partial charge in [-0.2, -0.15) is 0 Å². The summed E-state index contributed by atoms with van der Waals surface area (Å²) in [6, 6.07) is 20.0. The van der Waals surface area contributed by atoms with Gasteiger partial charge in [-0.3, -0.25) is 4.79 Å². The normalized spacial score (nSPS) is 11.8. The molecule has 0 spiro atoms. The molecule has 140 valence electrons. The minimum absolute atomic E-state index is 0.156. The van der Waals surface area contributed by atoms with Crippen LogP contribution in [0, 0.1) is 13.8 Å². The maximum Gasteiger partial charge on any atom is 0.260 e. The van der Waals surface area contributed by atoms with E-state index in [2.05, 4.69) is 23.5 Å².